The maximum absolute atomic E-state index is 13.8. The highest BCUT2D eigenvalue weighted by atomic mass is 35.5. The number of hydrogen-bond acceptors (Lipinski definition) is 5. The smallest absolute Gasteiger partial charge is 0.264 e. The van der Waals surface area contributed by atoms with E-state index in [1.165, 1.54) is 24.1 Å². The van der Waals surface area contributed by atoms with Gasteiger partial charge in [-0.2, -0.15) is 0 Å². The van der Waals surface area contributed by atoms with Gasteiger partial charge in [0.15, 0.2) is 0 Å². The number of para-hydroxylation sites is 1. The Labute approximate surface area is 235 Å². The number of amides is 2. The van der Waals surface area contributed by atoms with Gasteiger partial charge in [-0.3, -0.25) is 13.9 Å². The Morgan fingerprint density at radius 3 is 2.21 bits per heavy atom. The normalized spacial score (nSPS) is 11.9. The first-order chi connectivity index (χ1) is 18.7. The number of halogens is 1. The molecule has 1 unspecified atom stereocenters. The summed E-state index contributed by atoms with van der Waals surface area (Å²) in [4.78, 5) is 28.2. The van der Waals surface area contributed by atoms with Crippen molar-refractivity contribution in [2.24, 2.45) is 0 Å². The largest absolute Gasteiger partial charge is 0.497 e. The molecule has 0 aliphatic heterocycles. The Balaban J connectivity index is 1.96. The molecule has 0 aliphatic carbocycles. The van der Waals surface area contributed by atoms with Crippen LogP contribution in [0.5, 0.6) is 5.75 Å². The molecule has 1 atom stereocenters. The van der Waals surface area contributed by atoms with Crippen molar-refractivity contribution in [1.29, 1.82) is 0 Å². The number of rotatable bonds is 13. The third kappa shape index (κ3) is 7.97. The summed E-state index contributed by atoms with van der Waals surface area (Å²) < 4.78 is 33.8. The van der Waals surface area contributed by atoms with Crippen LogP contribution >= 0.6 is 11.6 Å². The third-order valence-electron chi connectivity index (χ3n) is 6.23. The number of ether oxygens (including phenoxy) is 1. The summed E-state index contributed by atoms with van der Waals surface area (Å²) in [5.74, 6) is -0.326. The van der Waals surface area contributed by atoms with Gasteiger partial charge in [0.1, 0.15) is 18.3 Å². The second kappa shape index (κ2) is 14.0. The van der Waals surface area contributed by atoms with Crippen LogP contribution in [0.3, 0.4) is 0 Å². The predicted molar refractivity (Wildman–Crippen MR) is 153 cm³/mol. The maximum atomic E-state index is 13.8. The highest BCUT2D eigenvalue weighted by Gasteiger charge is 2.32. The lowest BCUT2D eigenvalue weighted by Crippen LogP contribution is -2.51. The minimum atomic E-state index is -4.14. The molecule has 0 aliphatic rings. The second-order valence-electron chi connectivity index (χ2n) is 8.99. The molecule has 3 aromatic carbocycles. The number of benzene rings is 3. The molecule has 208 valence electrons. The van der Waals surface area contributed by atoms with Crippen molar-refractivity contribution in [1.82, 2.24) is 10.2 Å². The van der Waals surface area contributed by atoms with Crippen LogP contribution in [0, 0.1) is 0 Å². The first-order valence-corrected chi connectivity index (χ1v) is 14.5. The van der Waals surface area contributed by atoms with Crippen molar-refractivity contribution in [2.75, 3.05) is 24.5 Å². The first kappa shape index (κ1) is 30.0. The number of unbranched alkanes of at least 4 members (excludes halogenated alkanes) is 1. The van der Waals surface area contributed by atoms with E-state index in [-0.39, 0.29) is 17.3 Å². The maximum Gasteiger partial charge on any atom is 0.264 e. The molecule has 3 aromatic rings. The van der Waals surface area contributed by atoms with Gasteiger partial charge < -0.3 is 15.0 Å². The number of carbonyl (C=O) groups excluding carboxylic acids is 2. The lowest BCUT2D eigenvalue weighted by Gasteiger charge is -2.32. The van der Waals surface area contributed by atoms with Gasteiger partial charge in [-0.15, -0.1) is 0 Å². The predicted octanol–water partition coefficient (Wildman–Crippen LogP) is 4.88. The molecule has 0 spiro atoms. The molecule has 0 saturated heterocycles. The van der Waals surface area contributed by atoms with Gasteiger partial charge in [-0.1, -0.05) is 55.3 Å². The molecule has 0 radical (unpaired) electrons. The molecule has 0 aromatic heterocycles. The number of sulfonamides is 1. The van der Waals surface area contributed by atoms with Crippen molar-refractivity contribution < 1.29 is 22.7 Å². The van der Waals surface area contributed by atoms with Gasteiger partial charge in [0.25, 0.3) is 10.0 Å². The van der Waals surface area contributed by atoms with Gasteiger partial charge in [0.05, 0.1) is 17.7 Å². The van der Waals surface area contributed by atoms with Crippen LogP contribution in [0.15, 0.2) is 83.8 Å². The van der Waals surface area contributed by atoms with Crippen LogP contribution in [-0.4, -0.2) is 51.4 Å². The minimum absolute atomic E-state index is 0.00885. The molecular formula is C29H34ClN3O5S. The Kier molecular flexibility index (Phi) is 10.8. The van der Waals surface area contributed by atoms with Crippen molar-refractivity contribution in [3.63, 3.8) is 0 Å². The number of anilines is 1. The monoisotopic (exact) mass is 571 g/mol. The lowest BCUT2D eigenvalue weighted by atomic mass is 10.1. The molecule has 39 heavy (non-hydrogen) atoms. The van der Waals surface area contributed by atoms with Crippen LogP contribution in [0.2, 0.25) is 5.02 Å². The van der Waals surface area contributed by atoms with Crippen LogP contribution in [-0.2, 0) is 26.2 Å². The molecule has 0 heterocycles. The molecule has 8 nitrogen and oxygen atoms in total. The summed E-state index contributed by atoms with van der Waals surface area (Å²) in [7, 11) is -2.64. The number of methoxy groups -OCH3 is 1. The molecule has 1 N–H and O–H groups in total. The van der Waals surface area contributed by atoms with Crippen molar-refractivity contribution in [3.05, 3.63) is 89.4 Å². The summed E-state index contributed by atoms with van der Waals surface area (Å²) in [6.45, 7) is 3.75. The average molecular weight is 572 g/mol. The van der Waals surface area contributed by atoms with Gasteiger partial charge in [0, 0.05) is 18.1 Å². The highest BCUT2D eigenvalue weighted by Crippen LogP contribution is 2.26. The lowest BCUT2D eigenvalue weighted by molar-refractivity contribution is -0.139. The molecule has 0 bridgehead atoms. The Bertz CT molecular complexity index is 1330. The standard InChI is InChI=1S/C29H34ClN3O5S/c1-4-5-19-31-29(35)22(2)32(20-23-11-13-24(30)14-12-23)28(34)21-33(25-9-7-6-8-10-25)39(36,37)27-17-15-26(38-3)16-18-27/h6-18,22H,4-5,19-21H2,1-3H3,(H,31,35). The number of hydrogen-bond donors (Lipinski definition) is 1. The zero-order valence-electron chi connectivity index (χ0n) is 22.3. The van der Waals surface area contributed by atoms with Crippen molar-refractivity contribution in [3.8, 4) is 5.75 Å². The first-order valence-electron chi connectivity index (χ1n) is 12.7. The zero-order chi connectivity index (χ0) is 28.4. The summed E-state index contributed by atoms with van der Waals surface area (Å²) >= 11 is 6.03. The topological polar surface area (TPSA) is 96.0 Å². The van der Waals surface area contributed by atoms with E-state index in [9.17, 15) is 18.0 Å². The van der Waals surface area contributed by atoms with E-state index in [0.29, 0.717) is 23.0 Å². The number of carbonyl (C=O) groups is 2. The second-order valence-corrected chi connectivity index (χ2v) is 11.3. The van der Waals surface area contributed by atoms with E-state index in [4.69, 9.17) is 16.3 Å². The highest BCUT2D eigenvalue weighted by molar-refractivity contribution is 7.92. The summed E-state index contributed by atoms with van der Waals surface area (Å²) in [6.07, 6.45) is 1.73. The Hall–Kier alpha value is -3.56. The molecule has 10 heteroatoms. The van der Waals surface area contributed by atoms with E-state index in [0.717, 1.165) is 22.7 Å². The summed E-state index contributed by atoms with van der Waals surface area (Å²) in [5.41, 5.74) is 1.08. The average Bonchev–Trinajstić information content (AvgIpc) is 2.95. The fourth-order valence-electron chi connectivity index (χ4n) is 3.90. The molecular weight excluding hydrogens is 538 g/mol. The zero-order valence-corrected chi connectivity index (χ0v) is 23.9. The van der Waals surface area contributed by atoms with Gasteiger partial charge in [-0.25, -0.2) is 8.42 Å². The van der Waals surface area contributed by atoms with Crippen LogP contribution in [0.1, 0.15) is 32.3 Å². The minimum Gasteiger partial charge on any atom is -0.497 e. The van der Waals surface area contributed by atoms with Crippen LogP contribution < -0.4 is 14.4 Å². The van der Waals surface area contributed by atoms with E-state index in [2.05, 4.69) is 5.32 Å². The fourth-order valence-corrected chi connectivity index (χ4v) is 5.44. The van der Waals surface area contributed by atoms with E-state index >= 15 is 0 Å². The Morgan fingerprint density at radius 1 is 0.974 bits per heavy atom. The van der Waals surface area contributed by atoms with Crippen molar-refractivity contribution >= 4 is 39.1 Å². The number of nitrogens with zero attached hydrogens (tertiary/aromatic N) is 2. The van der Waals surface area contributed by atoms with Gasteiger partial charge >= 0.3 is 0 Å². The molecule has 2 amide bonds. The van der Waals surface area contributed by atoms with E-state index in [1.807, 2.05) is 6.92 Å². The van der Waals surface area contributed by atoms with Gasteiger partial charge in [-0.05, 0) is 67.4 Å². The molecule has 3 rings (SSSR count). The summed E-state index contributed by atoms with van der Waals surface area (Å²) in [6, 6.07) is 20.5. The van der Waals surface area contributed by atoms with Crippen LogP contribution in [0.4, 0.5) is 5.69 Å². The summed E-state index contributed by atoms with van der Waals surface area (Å²) in [5, 5.41) is 3.41. The SMILES string of the molecule is CCCCNC(=O)C(C)N(Cc1ccc(Cl)cc1)C(=O)CN(c1ccccc1)S(=O)(=O)c1ccc(OC)cc1. The van der Waals surface area contributed by atoms with Gasteiger partial charge in [0.2, 0.25) is 11.8 Å². The van der Waals surface area contributed by atoms with Crippen LogP contribution in [0.25, 0.3) is 0 Å². The van der Waals surface area contributed by atoms with Crippen molar-refractivity contribution in [2.45, 2.75) is 44.2 Å². The molecule has 0 fully saturated rings. The Morgan fingerprint density at radius 2 is 1.62 bits per heavy atom. The quantitative estimate of drug-likeness (QED) is 0.295. The number of nitrogens with one attached hydrogen (secondary N) is 1. The molecule has 0 saturated carbocycles. The van der Waals surface area contributed by atoms with E-state index < -0.39 is 28.5 Å². The van der Waals surface area contributed by atoms with E-state index in [1.54, 1.807) is 73.7 Å². The third-order valence-corrected chi connectivity index (χ3v) is 8.27. The fraction of sp³-hybridized carbons (Fsp3) is 0.310.